The lowest BCUT2D eigenvalue weighted by molar-refractivity contribution is 0.180. The number of carboxylic acid groups (broad SMARTS) is 1. The van der Waals surface area contributed by atoms with E-state index >= 15 is 0 Å². The number of piperidine rings is 1. The topological polar surface area (TPSA) is 61.4 Å². The number of hydrogen-bond acceptors (Lipinski definition) is 2. The Morgan fingerprint density at radius 3 is 3.00 bits per heavy atom. The lowest BCUT2D eigenvalue weighted by Gasteiger charge is -2.28. The van der Waals surface area contributed by atoms with Gasteiger partial charge >= 0.3 is 6.09 Å². The summed E-state index contributed by atoms with van der Waals surface area (Å²) in [6, 6.07) is 0.133. The molecular formula is C7H14N2O2. The highest BCUT2D eigenvalue weighted by molar-refractivity contribution is 5.64. The second-order valence-electron chi connectivity index (χ2n) is 3.03. The zero-order valence-corrected chi connectivity index (χ0v) is 6.63. The van der Waals surface area contributed by atoms with Gasteiger partial charge in [0.05, 0.1) is 0 Å². The molecule has 0 bridgehead atoms. The SMILES string of the molecule is C[C@@H]1CNCC[C@H]1NC(=O)O. The molecule has 0 unspecified atom stereocenters. The van der Waals surface area contributed by atoms with E-state index in [1.807, 2.05) is 6.92 Å². The van der Waals surface area contributed by atoms with Crippen molar-refractivity contribution in [2.45, 2.75) is 19.4 Å². The molecule has 0 aromatic heterocycles. The zero-order chi connectivity index (χ0) is 8.27. The molecule has 1 aliphatic heterocycles. The van der Waals surface area contributed by atoms with Gasteiger partial charge in [-0.2, -0.15) is 0 Å². The first-order valence-corrected chi connectivity index (χ1v) is 3.90. The third-order valence-corrected chi connectivity index (χ3v) is 2.09. The van der Waals surface area contributed by atoms with Crippen molar-refractivity contribution in [3.63, 3.8) is 0 Å². The summed E-state index contributed by atoms with van der Waals surface area (Å²) in [5.74, 6) is 0.403. The summed E-state index contributed by atoms with van der Waals surface area (Å²) in [7, 11) is 0. The summed E-state index contributed by atoms with van der Waals surface area (Å²) in [6.07, 6.45) is -0.0169. The molecule has 64 valence electrons. The normalized spacial score (nSPS) is 31.4. The molecule has 1 fully saturated rings. The summed E-state index contributed by atoms with van der Waals surface area (Å²) in [6.45, 7) is 3.87. The van der Waals surface area contributed by atoms with Crippen molar-refractivity contribution in [3.8, 4) is 0 Å². The van der Waals surface area contributed by atoms with E-state index in [9.17, 15) is 4.79 Å². The standard InChI is InChI=1S/C7H14N2O2/c1-5-4-8-3-2-6(5)9-7(10)11/h5-6,8-9H,2-4H2,1H3,(H,10,11)/t5-,6-/m1/s1. The molecule has 0 radical (unpaired) electrons. The predicted molar refractivity (Wildman–Crippen MR) is 41.6 cm³/mol. The van der Waals surface area contributed by atoms with E-state index in [0.717, 1.165) is 19.5 Å². The second-order valence-corrected chi connectivity index (χ2v) is 3.03. The fraction of sp³-hybridized carbons (Fsp3) is 0.857. The first kappa shape index (κ1) is 8.33. The van der Waals surface area contributed by atoms with Crippen molar-refractivity contribution in [2.75, 3.05) is 13.1 Å². The van der Waals surface area contributed by atoms with Crippen LogP contribution in [0.25, 0.3) is 0 Å². The minimum atomic E-state index is -0.913. The van der Waals surface area contributed by atoms with Crippen LogP contribution in [0.1, 0.15) is 13.3 Å². The van der Waals surface area contributed by atoms with Crippen LogP contribution >= 0.6 is 0 Å². The molecule has 1 rings (SSSR count). The molecule has 1 amide bonds. The fourth-order valence-electron chi connectivity index (χ4n) is 1.39. The quantitative estimate of drug-likeness (QED) is 0.512. The first-order valence-electron chi connectivity index (χ1n) is 3.90. The highest BCUT2D eigenvalue weighted by atomic mass is 16.4. The van der Waals surface area contributed by atoms with E-state index in [1.54, 1.807) is 0 Å². The van der Waals surface area contributed by atoms with Crippen LogP contribution in [-0.4, -0.2) is 30.3 Å². The van der Waals surface area contributed by atoms with Crippen LogP contribution in [0.15, 0.2) is 0 Å². The van der Waals surface area contributed by atoms with E-state index in [-0.39, 0.29) is 6.04 Å². The number of nitrogens with one attached hydrogen (secondary N) is 2. The molecule has 4 nitrogen and oxygen atoms in total. The summed E-state index contributed by atoms with van der Waals surface area (Å²) >= 11 is 0. The van der Waals surface area contributed by atoms with Crippen LogP contribution in [0.3, 0.4) is 0 Å². The van der Waals surface area contributed by atoms with Gasteiger partial charge in [0.25, 0.3) is 0 Å². The van der Waals surface area contributed by atoms with Gasteiger partial charge in [0, 0.05) is 6.04 Å². The minimum Gasteiger partial charge on any atom is -0.465 e. The van der Waals surface area contributed by atoms with Gasteiger partial charge in [0.15, 0.2) is 0 Å². The maximum absolute atomic E-state index is 10.3. The second kappa shape index (κ2) is 3.57. The monoisotopic (exact) mass is 158 g/mol. The zero-order valence-electron chi connectivity index (χ0n) is 6.63. The molecule has 0 spiro atoms. The molecule has 3 N–H and O–H groups in total. The van der Waals surface area contributed by atoms with Gasteiger partial charge in [0.2, 0.25) is 0 Å². The Hall–Kier alpha value is -0.770. The van der Waals surface area contributed by atoms with Gasteiger partial charge < -0.3 is 15.7 Å². The van der Waals surface area contributed by atoms with Gasteiger partial charge in [-0.3, -0.25) is 0 Å². The highest BCUT2D eigenvalue weighted by Crippen LogP contribution is 2.09. The van der Waals surface area contributed by atoms with Gasteiger partial charge in [-0.1, -0.05) is 6.92 Å². The lowest BCUT2D eigenvalue weighted by Crippen LogP contribution is -2.47. The van der Waals surface area contributed by atoms with Gasteiger partial charge in [-0.05, 0) is 25.4 Å². The average molecular weight is 158 g/mol. The Bertz CT molecular complexity index is 149. The van der Waals surface area contributed by atoms with E-state index in [1.165, 1.54) is 0 Å². The Balaban J connectivity index is 2.35. The summed E-state index contributed by atoms with van der Waals surface area (Å²) < 4.78 is 0. The van der Waals surface area contributed by atoms with E-state index in [4.69, 9.17) is 5.11 Å². The minimum absolute atomic E-state index is 0.133. The summed E-state index contributed by atoms with van der Waals surface area (Å²) in [5, 5.41) is 14.2. The van der Waals surface area contributed by atoms with Crippen molar-refractivity contribution in [1.29, 1.82) is 0 Å². The lowest BCUT2D eigenvalue weighted by atomic mass is 9.96. The highest BCUT2D eigenvalue weighted by Gasteiger charge is 2.21. The summed E-state index contributed by atoms with van der Waals surface area (Å²) in [4.78, 5) is 10.3. The van der Waals surface area contributed by atoms with E-state index in [0.29, 0.717) is 5.92 Å². The number of hydrogen-bond donors (Lipinski definition) is 3. The molecule has 1 heterocycles. The van der Waals surface area contributed by atoms with Crippen LogP contribution in [0.5, 0.6) is 0 Å². The molecule has 1 saturated heterocycles. The van der Waals surface area contributed by atoms with Crippen molar-refractivity contribution in [3.05, 3.63) is 0 Å². The third-order valence-electron chi connectivity index (χ3n) is 2.09. The smallest absolute Gasteiger partial charge is 0.404 e. The van der Waals surface area contributed by atoms with Gasteiger partial charge in [-0.25, -0.2) is 4.79 Å². The molecule has 4 heteroatoms. The molecule has 0 aromatic carbocycles. The Labute approximate surface area is 66.0 Å². The van der Waals surface area contributed by atoms with Gasteiger partial charge in [0.1, 0.15) is 0 Å². The van der Waals surface area contributed by atoms with Crippen molar-refractivity contribution >= 4 is 6.09 Å². The third kappa shape index (κ3) is 2.38. The molecular weight excluding hydrogens is 144 g/mol. The average Bonchev–Trinajstić information content (AvgIpc) is 1.93. The number of carbonyl (C=O) groups is 1. The van der Waals surface area contributed by atoms with Crippen LogP contribution in [0.2, 0.25) is 0 Å². The van der Waals surface area contributed by atoms with Crippen molar-refractivity contribution in [1.82, 2.24) is 10.6 Å². The maximum atomic E-state index is 10.3. The molecule has 0 aliphatic carbocycles. The Morgan fingerprint density at radius 1 is 1.73 bits per heavy atom. The maximum Gasteiger partial charge on any atom is 0.404 e. The van der Waals surface area contributed by atoms with Crippen molar-refractivity contribution < 1.29 is 9.90 Å². The van der Waals surface area contributed by atoms with Crippen LogP contribution < -0.4 is 10.6 Å². The fourth-order valence-corrected chi connectivity index (χ4v) is 1.39. The van der Waals surface area contributed by atoms with Crippen LogP contribution in [-0.2, 0) is 0 Å². The van der Waals surface area contributed by atoms with E-state index < -0.39 is 6.09 Å². The number of amides is 1. The summed E-state index contributed by atoms with van der Waals surface area (Å²) in [5.41, 5.74) is 0. The molecule has 1 aliphatic rings. The molecule has 0 aromatic rings. The van der Waals surface area contributed by atoms with Crippen LogP contribution in [0, 0.1) is 5.92 Å². The molecule has 0 saturated carbocycles. The first-order chi connectivity index (χ1) is 5.20. The largest absolute Gasteiger partial charge is 0.465 e. The number of rotatable bonds is 1. The predicted octanol–water partition coefficient (Wildman–Crippen LogP) is 0.252. The molecule has 2 atom stereocenters. The van der Waals surface area contributed by atoms with Crippen molar-refractivity contribution in [2.24, 2.45) is 5.92 Å². The Kier molecular flexibility index (Phi) is 2.70. The molecule has 11 heavy (non-hydrogen) atoms. The van der Waals surface area contributed by atoms with Gasteiger partial charge in [-0.15, -0.1) is 0 Å². The Morgan fingerprint density at radius 2 is 2.45 bits per heavy atom. The van der Waals surface area contributed by atoms with Crippen LogP contribution in [0.4, 0.5) is 4.79 Å². The van der Waals surface area contributed by atoms with E-state index in [2.05, 4.69) is 10.6 Å².